The number of hydrogen-bond acceptors (Lipinski definition) is 3. The molecule has 0 unspecified atom stereocenters. The maximum Gasteiger partial charge on any atom is 0.226 e. The lowest BCUT2D eigenvalue weighted by Crippen LogP contribution is -2.20. The van der Waals surface area contributed by atoms with Gasteiger partial charge in [0.15, 0.2) is 0 Å². The van der Waals surface area contributed by atoms with E-state index in [0.717, 1.165) is 16.8 Å². The summed E-state index contributed by atoms with van der Waals surface area (Å²) >= 11 is 0. The van der Waals surface area contributed by atoms with Crippen LogP contribution in [-0.4, -0.2) is 14.8 Å². The van der Waals surface area contributed by atoms with Gasteiger partial charge >= 0.3 is 0 Å². The third-order valence-electron chi connectivity index (χ3n) is 3.70. The number of hydrogen-bond donors (Lipinski definition) is 1. The van der Waals surface area contributed by atoms with Crippen molar-refractivity contribution in [3.63, 3.8) is 0 Å². The fourth-order valence-corrected chi connectivity index (χ4v) is 2.62. The Morgan fingerprint density at radius 3 is 2.55 bits per heavy atom. The van der Waals surface area contributed by atoms with E-state index in [2.05, 4.69) is 33.6 Å². The Kier molecular flexibility index (Phi) is 2.96. The van der Waals surface area contributed by atoms with Gasteiger partial charge in [-0.1, -0.05) is 30.3 Å². The van der Waals surface area contributed by atoms with E-state index in [9.17, 15) is 4.39 Å². The molecule has 3 aromatic rings. The quantitative estimate of drug-likeness (QED) is 0.786. The first kappa shape index (κ1) is 12.8. The van der Waals surface area contributed by atoms with Gasteiger partial charge in [-0.15, -0.1) is 0 Å². The summed E-state index contributed by atoms with van der Waals surface area (Å²) in [5.41, 5.74) is 2.93. The molecule has 4 nitrogen and oxygen atoms in total. The smallest absolute Gasteiger partial charge is 0.226 e. The summed E-state index contributed by atoms with van der Waals surface area (Å²) in [5, 5.41) is 7.54. The molecule has 0 saturated carbocycles. The average molecular weight is 292 g/mol. The van der Waals surface area contributed by atoms with E-state index in [1.807, 2.05) is 22.9 Å². The van der Waals surface area contributed by atoms with Crippen LogP contribution in [0.25, 0.3) is 5.70 Å². The summed E-state index contributed by atoms with van der Waals surface area (Å²) in [6.07, 6.45) is 3.60. The van der Waals surface area contributed by atoms with E-state index < -0.39 is 0 Å². The normalized spacial score (nSPS) is 16.6. The van der Waals surface area contributed by atoms with Crippen molar-refractivity contribution in [2.24, 2.45) is 0 Å². The number of anilines is 1. The van der Waals surface area contributed by atoms with Gasteiger partial charge in [-0.25, -0.2) is 9.07 Å². The van der Waals surface area contributed by atoms with Gasteiger partial charge in [-0.3, -0.25) is 0 Å². The Morgan fingerprint density at radius 2 is 1.77 bits per heavy atom. The van der Waals surface area contributed by atoms with Gasteiger partial charge in [0.1, 0.15) is 18.2 Å². The minimum absolute atomic E-state index is 0.0417. The molecule has 1 aliphatic rings. The van der Waals surface area contributed by atoms with E-state index in [1.54, 1.807) is 12.1 Å². The van der Waals surface area contributed by atoms with Crippen LogP contribution in [0.1, 0.15) is 17.2 Å². The largest absolute Gasteiger partial charge is 0.324 e. The summed E-state index contributed by atoms with van der Waals surface area (Å²) in [5.74, 6) is 0.429. The molecule has 1 atom stereocenters. The van der Waals surface area contributed by atoms with Crippen LogP contribution in [0.4, 0.5) is 10.3 Å². The first-order valence-electron chi connectivity index (χ1n) is 7.00. The van der Waals surface area contributed by atoms with Crippen molar-refractivity contribution in [2.75, 3.05) is 5.32 Å². The van der Waals surface area contributed by atoms with Crippen LogP contribution in [0.5, 0.6) is 0 Å². The minimum atomic E-state index is -0.247. The minimum Gasteiger partial charge on any atom is -0.324 e. The summed E-state index contributed by atoms with van der Waals surface area (Å²) in [6.45, 7) is 0. The summed E-state index contributed by atoms with van der Waals surface area (Å²) in [7, 11) is 0. The van der Waals surface area contributed by atoms with Crippen LogP contribution in [0.2, 0.25) is 0 Å². The second-order valence-corrected chi connectivity index (χ2v) is 5.10. The highest BCUT2D eigenvalue weighted by molar-refractivity contribution is 5.77. The van der Waals surface area contributed by atoms with Crippen LogP contribution in [-0.2, 0) is 0 Å². The fraction of sp³-hybridized carbons (Fsp3) is 0.0588. The number of nitrogens with one attached hydrogen (secondary N) is 1. The standard InChI is InChI=1S/C17H13FN4/c18-14-8-6-12(7-9-14)15-10-16(13-4-2-1-3-5-13)22-17(21-15)19-11-20-22/h1-11,16H,(H,19,20,21)/t16-/m0/s1. The van der Waals surface area contributed by atoms with Crippen molar-refractivity contribution in [1.82, 2.24) is 14.8 Å². The molecule has 108 valence electrons. The molecule has 1 N–H and O–H groups in total. The third kappa shape index (κ3) is 2.16. The summed E-state index contributed by atoms with van der Waals surface area (Å²) < 4.78 is 15.0. The highest BCUT2D eigenvalue weighted by Crippen LogP contribution is 2.31. The molecule has 0 amide bonds. The van der Waals surface area contributed by atoms with E-state index in [-0.39, 0.29) is 11.9 Å². The topological polar surface area (TPSA) is 42.7 Å². The van der Waals surface area contributed by atoms with Gasteiger partial charge in [-0.05, 0) is 41.5 Å². The Morgan fingerprint density at radius 1 is 1.00 bits per heavy atom. The zero-order chi connectivity index (χ0) is 14.9. The molecule has 0 radical (unpaired) electrons. The Hall–Kier alpha value is -2.95. The van der Waals surface area contributed by atoms with Crippen molar-refractivity contribution in [2.45, 2.75) is 6.04 Å². The molecule has 22 heavy (non-hydrogen) atoms. The van der Waals surface area contributed by atoms with Gasteiger partial charge in [0.05, 0.1) is 0 Å². The molecule has 0 spiro atoms. The molecular weight excluding hydrogens is 279 g/mol. The molecule has 5 heteroatoms. The predicted octanol–water partition coefficient (Wildman–Crippen LogP) is 3.47. The molecular formula is C17H13FN4. The SMILES string of the molecule is Fc1ccc(C2=C[C@@H](c3ccccc3)n3ncnc3N2)cc1. The van der Waals surface area contributed by atoms with Crippen LogP contribution in [0, 0.1) is 5.82 Å². The number of benzene rings is 2. The average Bonchev–Trinajstić information content (AvgIpc) is 3.04. The van der Waals surface area contributed by atoms with Crippen LogP contribution < -0.4 is 5.32 Å². The van der Waals surface area contributed by atoms with Gasteiger partial charge in [0.25, 0.3) is 0 Å². The number of allylic oxidation sites excluding steroid dienone is 1. The number of halogens is 1. The fourth-order valence-electron chi connectivity index (χ4n) is 2.62. The molecule has 2 aromatic carbocycles. The number of fused-ring (bicyclic) bond motifs is 1. The van der Waals surface area contributed by atoms with Crippen molar-refractivity contribution < 1.29 is 4.39 Å². The van der Waals surface area contributed by atoms with Crippen molar-refractivity contribution in [3.8, 4) is 0 Å². The number of aromatic nitrogens is 3. The lowest BCUT2D eigenvalue weighted by molar-refractivity contribution is 0.611. The molecule has 0 bridgehead atoms. The van der Waals surface area contributed by atoms with Crippen LogP contribution in [0.15, 0.2) is 67.0 Å². The van der Waals surface area contributed by atoms with Gasteiger partial charge in [0, 0.05) is 5.70 Å². The highest BCUT2D eigenvalue weighted by Gasteiger charge is 2.23. The molecule has 0 saturated heterocycles. The Bertz CT molecular complexity index is 821. The zero-order valence-electron chi connectivity index (χ0n) is 11.6. The Balaban J connectivity index is 1.81. The van der Waals surface area contributed by atoms with E-state index in [1.165, 1.54) is 18.5 Å². The van der Waals surface area contributed by atoms with Gasteiger partial charge in [0.2, 0.25) is 5.95 Å². The van der Waals surface area contributed by atoms with Crippen molar-refractivity contribution in [3.05, 3.63) is 83.9 Å². The lowest BCUT2D eigenvalue weighted by Gasteiger charge is -2.24. The summed E-state index contributed by atoms with van der Waals surface area (Å²) in [6, 6.07) is 16.5. The van der Waals surface area contributed by atoms with Crippen molar-refractivity contribution >= 4 is 11.6 Å². The Labute approximate surface area is 126 Å². The predicted molar refractivity (Wildman–Crippen MR) is 82.6 cm³/mol. The van der Waals surface area contributed by atoms with E-state index in [4.69, 9.17) is 0 Å². The lowest BCUT2D eigenvalue weighted by atomic mass is 10.0. The second-order valence-electron chi connectivity index (χ2n) is 5.10. The molecule has 0 fully saturated rings. The molecule has 0 aliphatic carbocycles. The van der Waals surface area contributed by atoms with Crippen LogP contribution >= 0.6 is 0 Å². The first-order valence-corrected chi connectivity index (χ1v) is 7.00. The second kappa shape index (κ2) is 5.11. The molecule has 1 aromatic heterocycles. The third-order valence-corrected chi connectivity index (χ3v) is 3.70. The van der Waals surface area contributed by atoms with Crippen molar-refractivity contribution in [1.29, 1.82) is 0 Å². The molecule has 1 aliphatic heterocycles. The highest BCUT2D eigenvalue weighted by atomic mass is 19.1. The zero-order valence-corrected chi connectivity index (χ0v) is 11.6. The number of nitrogens with zero attached hydrogens (tertiary/aromatic N) is 3. The van der Waals surface area contributed by atoms with Gasteiger partial charge < -0.3 is 5.32 Å². The van der Waals surface area contributed by atoms with Crippen LogP contribution in [0.3, 0.4) is 0 Å². The van der Waals surface area contributed by atoms with E-state index >= 15 is 0 Å². The maximum absolute atomic E-state index is 13.1. The van der Waals surface area contributed by atoms with E-state index in [0.29, 0.717) is 5.95 Å². The summed E-state index contributed by atoms with van der Waals surface area (Å²) in [4.78, 5) is 4.25. The maximum atomic E-state index is 13.1. The monoisotopic (exact) mass is 292 g/mol. The first-order chi connectivity index (χ1) is 10.8. The van der Waals surface area contributed by atoms with Gasteiger partial charge in [-0.2, -0.15) is 10.1 Å². The molecule has 4 rings (SSSR count). The molecule has 2 heterocycles. The number of rotatable bonds is 2.